The number of hydrogen-bond acceptors (Lipinski definition) is 4. The van der Waals surface area contributed by atoms with E-state index in [1.807, 2.05) is 33.6 Å². The molecule has 0 bridgehead atoms. The van der Waals surface area contributed by atoms with Gasteiger partial charge >= 0.3 is 0 Å². The number of anilines is 1. The molecule has 0 aromatic carbocycles. The van der Waals surface area contributed by atoms with Crippen LogP contribution in [0.5, 0.6) is 0 Å². The smallest absolute Gasteiger partial charge is 0.169 e. The average molecular weight is 289 g/mol. The molecule has 1 fully saturated rings. The summed E-state index contributed by atoms with van der Waals surface area (Å²) in [5.74, 6) is 1.05. The van der Waals surface area contributed by atoms with Crippen molar-refractivity contribution in [3.05, 3.63) is 40.9 Å². The molecule has 0 atom stereocenters. The van der Waals surface area contributed by atoms with E-state index in [9.17, 15) is 0 Å². The van der Waals surface area contributed by atoms with E-state index in [-0.39, 0.29) is 0 Å². The molecule has 20 heavy (non-hydrogen) atoms. The van der Waals surface area contributed by atoms with Crippen molar-refractivity contribution >= 4 is 23.1 Å². The Morgan fingerprint density at radius 3 is 2.95 bits per heavy atom. The molecular weight excluding hydrogens is 276 g/mol. The molecular formula is C13H13ClN6. The zero-order valence-corrected chi connectivity index (χ0v) is 11.5. The Morgan fingerprint density at radius 1 is 1.30 bits per heavy atom. The number of nitrogens with two attached hydrogens (primary N) is 1. The van der Waals surface area contributed by atoms with Gasteiger partial charge in [-0.1, -0.05) is 16.8 Å². The van der Waals surface area contributed by atoms with E-state index in [1.54, 1.807) is 0 Å². The van der Waals surface area contributed by atoms with Crippen LogP contribution < -0.4 is 5.73 Å². The second-order valence-electron chi connectivity index (χ2n) is 5.14. The average Bonchev–Trinajstić information content (AvgIpc) is 3.07. The summed E-state index contributed by atoms with van der Waals surface area (Å²) in [5.41, 5.74) is 8.72. The summed E-state index contributed by atoms with van der Waals surface area (Å²) in [6, 6.07) is 3.72. The number of nitrogens with zero attached hydrogens (tertiary/aromatic N) is 5. The predicted molar refractivity (Wildman–Crippen MR) is 75.7 cm³/mol. The summed E-state index contributed by atoms with van der Waals surface area (Å²) < 4.78 is 3.77. The molecule has 1 aliphatic carbocycles. The molecule has 2 N–H and O–H groups in total. The topological polar surface area (TPSA) is 74.0 Å². The number of nitrogen functional groups attached to an aromatic ring is 1. The van der Waals surface area contributed by atoms with Crippen LogP contribution in [0.1, 0.15) is 30.1 Å². The van der Waals surface area contributed by atoms with E-state index in [0.717, 1.165) is 17.0 Å². The molecule has 0 spiro atoms. The number of pyridine rings is 1. The fourth-order valence-corrected chi connectivity index (χ4v) is 2.64. The molecule has 102 valence electrons. The lowest BCUT2D eigenvalue weighted by Gasteiger charge is -2.02. The Hall–Kier alpha value is -2.08. The van der Waals surface area contributed by atoms with Crippen LogP contribution >= 0.6 is 11.6 Å². The second-order valence-corrected chi connectivity index (χ2v) is 5.57. The number of halogens is 1. The highest BCUT2D eigenvalue weighted by atomic mass is 35.5. The summed E-state index contributed by atoms with van der Waals surface area (Å²) >= 11 is 5.97. The van der Waals surface area contributed by atoms with E-state index < -0.39 is 0 Å². The minimum absolute atomic E-state index is 0.511. The molecule has 3 aromatic rings. The maximum absolute atomic E-state index is 5.97. The Morgan fingerprint density at radius 2 is 2.15 bits per heavy atom. The van der Waals surface area contributed by atoms with Gasteiger partial charge in [0.25, 0.3) is 0 Å². The van der Waals surface area contributed by atoms with Crippen LogP contribution in [0.25, 0.3) is 5.65 Å². The van der Waals surface area contributed by atoms with Crippen molar-refractivity contribution in [1.29, 1.82) is 0 Å². The molecule has 0 radical (unpaired) electrons. The van der Waals surface area contributed by atoms with Crippen LogP contribution in [0.3, 0.4) is 0 Å². The van der Waals surface area contributed by atoms with Gasteiger partial charge in [-0.05, 0) is 25.0 Å². The van der Waals surface area contributed by atoms with E-state index in [1.165, 1.54) is 12.8 Å². The van der Waals surface area contributed by atoms with Gasteiger partial charge < -0.3 is 10.1 Å². The van der Waals surface area contributed by atoms with Crippen LogP contribution in [0, 0.1) is 0 Å². The number of hydrogen-bond donors (Lipinski definition) is 1. The largest absolute Gasteiger partial charge is 0.381 e. The lowest BCUT2D eigenvalue weighted by Crippen LogP contribution is -2.06. The first kappa shape index (κ1) is 11.7. The molecule has 3 heterocycles. The third-order valence-electron chi connectivity index (χ3n) is 3.54. The molecule has 4 rings (SSSR count). The summed E-state index contributed by atoms with van der Waals surface area (Å²) in [6.45, 7) is 0.579. The maximum atomic E-state index is 5.97. The first-order valence-electron chi connectivity index (χ1n) is 6.53. The van der Waals surface area contributed by atoms with Crippen LogP contribution in [0.2, 0.25) is 5.02 Å². The molecule has 3 aromatic heterocycles. The molecule has 1 aliphatic rings. The number of fused-ring (bicyclic) bond motifs is 1. The number of aromatic nitrogens is 5. The molecule has 0 unspecified atom stereocenters. The van der Waals surface area contributed by atoms with Gasteiger partial charge in [0.1, 0.15) is 5.65 Å². The van der Waals surface area contributed by atoms with E-state index in [2.05, 4.69) is 15.3 Å². The summed E-state index contributed by atoms with van der Waals surface area (Å²) in [4.78, 5) is 4.55. The van der Waals surface area contributed by atoms with E-state index in [0.29, 0.717) is 23.3 Å². The maximum Gasteiger partial charge on any atom is 0.169 e. The van der Waals surface area contributed by atoms with Crippen LogP contribution in [-0.2, 0) is 6.54 Å². The third-order valence-corrected chi connectivity index (χ3v) is 3.77. The predicted octanol–water partition coefficient (Wildman–Crippen LogP) is 2.09. The fraction of sp³-hybridized carbons (Fsp3) is 0.308. The fourth-order valence-electron chi connectivity index (χ4n) is 2.47. The van der Waals surface area contributed by atoms with Crippen molar-refractivity contribution in [3.63, 3.8) is 0 Å². The van der Waals surface area contributed by atoms with Crippen molar-refractivity contribution < 1.29 is 0 Å². The van der Waals surface area contributed by atoms with E-state index in [4.69, 9.17) is 17.3 Å². The summed E-state index contributed by atoms with van der Waals surface area (Å²) in [5, 5.41) is 8.79. The molecule has 7 heteroatoms. The number of imidazole rings is 1. The normalized spacial score (nSPS) is 15.1. The molecule has 0 aliphatic heterocycles. The zero-order valence-electron chi connectivity index (χ0n) is 10.7. The lowest BCUT2D eigenvalue weighted by atomic mass is 10.3. The Bertz CT molecular complexity index is 785. The van der Waals surface area contributed by atoms with Crippen molar-refractivity contribution in [1.82, 2.24) is 24.4 Å². The van der Waals surface area contributed by atoms with Crippen molar-refractivity contribution in [2.45, 2.75) is 25.3 Å². The summed E-state index contributed by atoms with van der Waals surface area (Å²) in [6.07, 6.45) is 6.12. The monoisotopic (exact) mass is 288 g/mol. The first-order chi connectivity index (χ1) is 9.70. The van der Waals surface area contributed by atoms with Gasteiger partial charge in [-0.3, -0.25) is 0 Å². The SMILES string of the molecule is Nc1nnn(Cc2cn3cc(Cl)ccc3n2)c1C1CC1. The number of rotatable bonds is 3. The van der Waals surface area contributed by atoms with Gasteiger partial charge in [0, 0.05) is 18.3 Å². The van der Waals surface area contributed by atoms with Crippen molar-refractivity contribution in [3.8, 4) is 0 Å². The van der Waals surface area contributed by atoms with Gasteiger partial charge in [0.05, 0.1) is 23.0 Å². The van der Waals surface area contributed by atoms with Crippen molar-refractivity contribution in [2.24, 2.45) is 0 Å². The Balaban J connectivity index is 1.70. The Kier molecular flexibility index (Phi) is 2.47. The first-order valence-corrected chi connectivity index (χ1v) is 6.90. The minimum atomic E-state index is 0.511. The third kappa shape index (κ3) is 1.92. The minimum Gasteiger partial charge on any atom is -0.381 e. The highest BCUT2D eigenvalue weighted by molar-refractivity contribution is 6.30. The standard InChI is InChI=1S/C13H13ClN6/c14-9-3-4-11-16-10(6-19(11)5-9)7-20-12(8-1-2-8)13(15)17-18-20/h3-6,8H,1-2,7,15H2. The second kappa shape index (κ2) is 4.21. The van der Waals surface area contributed by atoms with Crippen LogP contribution in [-0.4, -0.2) is 24.4 Å². The quantitative estimate of drug-likeness (QED) is 0.801. The van der Waals surface area contributed by atoms with Crippen LogP contribution in [0.15, 0.2) is 24.5 Å². The molecule has 1 saturated carbocycles. The van der Waals surface area contributed by atoms with E-state index >= 15 is 0 Å². The van der Waals surface area contributed by atoms with Crippen LogP contribution in [0.4, 0.5) is 5.82 Å². The van der Waals surface area contributed by atoms with Gasteiger partial charge in [-0.25, -0.2) is 9.67 Å². The highest BCUT2D eigenvalue weighted by Crippen LogP contribution is 2.42. The summed E-state index contributed by atoms with van der Waals surface area (Å²) in [7, 11) is 0. The Labute approximate surface area is 120 Å². The molecule has 0 saturated heterocycles. The van der Waals surface area contributed by atoms with Gasteiger partial charge in [0.2, 0.25) is 0 Å². The lowest BCUT2D eigenvalue weighted by molar-refractivity contribution is 0.612. The van der Waals surface area contributed by atoms with Crippen molar-refractivity contribution in [2.75, 3.05) is 5.73 Å². The van der Waals surface area contributed by atoms with Gasteiger partial charge in [-0.15, -0.1) is 5.10 Å². The van der Waals surface area contributed by atoms with Gasteiger partial charge in [0.15, 0.2) is 5.82 Å². The molecule has 6 nitrogen and oxygen atoms in total. The zero-order chi connectivity index (χ0) is 13.7. The van der Waals surface area contributed by atoms with Gasteiger partial charge in [-0.2, -0.15) is 0 Å². The molecule has 0 amide bonds. The highest BCUT2D eigenvalue weighted by Gasteiger charge is 2.30.